The van der Waals surface area contributed by atoms with Crippen molar-refractivity contribution in [3.05, 3.63) is 63.0 Å². The summed E-state index contributed by atoms with van der Waals surface area (Å²) in [6.45, 7) is 1.78. The Morgan fingerprint density at radius 1 is 1.21 bits per heavy atom. The van der Waals surface area contributed by atoms with Gasteiger partial charge in [-0.2, -0.15) is 4.99 Å². The van der Waals surface area contributed by atoms with Gasteiger partial charge in [0.15, 0.2) is 16.7 Å². The van der Waals surface area contributed by atoms with Crippen molar-refractivity contribution >= 4 is 50.7 Å². The summed E-state index contributed by atoms with van der Waals surface area (Å²) in [5, 5.41) is 2.80. The van der Waals surface area contributed by atoms with Crippen LogP contribution in [0.2, 0.25) is 0 Å². The molecule has 2 aromatic carbocycles. The molecule has 0 saturated heterocycles. The predicted octanol–water partition coefficient (Wildman–Crippen LogP) is 4.14. The van der Waals surface area contributed by atoms with Gasteiger partial charge in [0.25, 0.3) is 5.91 Å². The van der Waals surface area contributed by atoms with Crippen LogP contribution in [0.5, 0.6) is 11.5 Å². The maximum Gasteiger partial charge on any atom is 0.286 e. The summed E-state index contributed by atoms with van der Waals surface area (Å²) in [4.78, 5) is 27.3. The zero-order chi connectivity index (χ0) is 20.1. The van der Waals surface area contributed by atoms with E-state index >= 15 is 0 Å². The van der Waals surface area contributed by atoms with Gasteiger partial charge in [0.1, 0.15) is 6.61 Å². The fraction of sp³-hybridized carbons (Fsp3) is 0.150. The topological polar surface area (TPSA) is 77.0 Å². The number of hydrogen-bond donors (Lipinski definition) is 1. The van der Waals surface area contributed by atoms with Crippen LogP contribution in [0.4, 0.5) is 0 Å². The zero-order valence-electron chi connectivity index (χ0n) is 15.2. The molecule has 1 N–H and O–H groups in total. The largest absolute Gasteiger partial charge is 0.493 e. The maximum atomic E-state index is 12.0. The summed E-state index contributed by atoms with van der Waals surface area (Å²) in [6, 6.07) is 13.3. The van der Waals surface area contributed by atoms with Crippen molar-refractivity contribution in [3.63, 3.8) is 0 Å². The first-order valence-electron chi connectivity index (χ1n) is 8.30. The Morgan fingerprint density at radius 3 is 2.64 bits per heavy atom. The number of benzene rings is 2. The van der Waals surface area contributed by atoms with Crippen LogP contribution in [0.15, 0.2) is 56.8 Å². The van der Waals surface area contributed by atoms with Gasteiger partial charge in [-0.15, -0.1) is 0 Å². The van der Waals surface area contributed by atoms with Crippen LogP contribution in [-0.2, 0) is 16.2 Å². The number of halogens is 1. The van der Waals surface area contributed by atoms with E-state index in [4.69, 9.17) is 9.47 Å². The van der Waals surface area contributed by atoms with Gasteiger partial charge in [-0.3, -0.25) is 9.59 Å². The summed E-state index contributed by atoms with van der Waals surface area (Å²) in [5.41, 5.74) is 1.80. The molecule has 1 aliphatic heterocycles. The molecule has 0 unspecified atom stereocenters. The maximum absolute atomic E-state index is 12.0. The van der Waals surface area contributed by atoms with E-state index in [0.717, 1.165) is 27.4 Å². The molecule has 2 aromatic rings. The quantitative estimate of drug-likeness (QED) is 0.678. The number of aliphatic imine (C=N–C) groups is 1. The molecule has 2 amide bonds. The van der Waals surface area contributed by atoms with E-state index < -0.39 is 0 Å². The van der Waals surface area contributed by atoms with Gasteiger partial charge in [-0.1, -0.05) is 34.1 Å². The van der Waals surface area contributed by atoms with Crippen molar-refractivity contribution in [2.75, 3.05) is 7.11 Å². The fourth-order valence-corrected chi connectivity index (χ4v) is 3.52. The second-order valence-electron chi connectivity index (χ2n) is 5.84. The van der Waals surface area contributed by atoms with Gasteiger partial charge < -0.3 is 14.8 Å². The summed E-state index contributed by atoms with van der Waals surface area (Å²) in [6.07, 6.45) is 1.70. The number of carbonyl (C=O) groups is 2. The first-order valence-corrected chi connectivity index (χ1v) is 9.91. The Morgan fingerprint density at radius 2 is 1.96 bits per heavy atom. The minimum Gasteiger partial charge on any atom is -0.493 e. The van der Waals surface area contributed by atoms with Crippen LogP contribution < -0.4 is 14.8 Å². The van der Waals surface area contributed by atoms with Gasteiger partial charge in [-0.25, -0.2) is 0 Å². The zero-order valence-corrected chi connectivity index (χ0v) is 17.6. The number of nitrogens with zero attached hydrogens (tertiary/aromatic N) is 1. The molecule has 144 valence electrons. The molecule has 0 saturated carbocycles. The van der Waals surface area contributed by atoms with Crippen LogP contribution >= 0.6 is 27.7 Å². The predicted molar refractivity (Wildman–Crippen MR) is 113 cm³/mol. The summed E-state index contributed by atoms with van der Waals surface area (Å²) < 4.78 is 12.3. The van der Waals surface area contributed by atoms with Crippen LogP contribution in [0.3, 0.4) is 0 Å². The average molecular weight is 461 g/mol. The number of thioether (sulfide) groups is 1. The molecule has 1 heterocycles. The molecule has 0 fully saturated rings. The normalized spacial score (nSPS) is 14.8. The molecule has 0 aliphatic carbocycles. The van der Waals surface area contributed by atoms with Crippen LogP contribution in [-0.4, -0.2) is 24.1 Å². The first kappa shape index (κ1) is 20.2. The molecule has 3 rings (SSSR count). The molecule has 1 aliphatic rings. The molecular weight excluding hydrogens is 444 g/mol. The minimum absolute atomic E-state index is 0.269. The van der Waals surface area contributed by atoms with E-state index in [9.17, 15) is 9.59 Å². The van der Waals surface area contributed by atoms with E-state index in [1.54, 1.807) is 25.3 Å². The lowest BCUT2D eigenvalue weighted by Crippen LogP contribution is -2.23. The van der Waals surface area contributed by atoms with E-state index in [1.165, 1.54) is 6.92 Å². The number of amides is 2. The third-order valence-corrected chi connectivity index (χ3v) is 5.12. The SMILES string of the molecule is COc1cc(/C=C2/SC(NC(C)=O)=NC2=O)ccc1OCc1ccc(Br)cc1. The Balaban J connectivity index is 1.72. The number of amidine groups is 1. The fourth-order valence-electron chi connectivity index (χ4n) is 2.40. The highest BCUT2D eigenvalue weighted by molar-refractivity contribution is 9.10. The standard InChI is InChI=1S/C20H17BrN2O4S/c1-12(24)22-20-23-19(25)18(28-20)10-14-5-8-16(17(9-14)26-2)27-11-13-3-6-15(21)7-4-13/h3-10H,11H2,1-2H3,(H,22,23,24,25)/b18-10+. The molecule has 6 nitrogen and oxygen atoms in total. The Hall–Kier alpha value is -2.58. The van der Waals surface area contributed by atoms with Gasteiger partial charge in [0, 0.05) is 11.4 Å². The third kappa shape index (κ3) is 5.24. The van der Waals surface area contributed by atoms with Crippen molar-refractivity contribution in [3.8, 4) is 11.5 Å². The number of rotatable bonds is 5. The Labute approximate surface area is 175 Å². The molecule has 0 spiro atoms. The molecule has 8 heteroatoms. The lowest BCUT2D eigenvalue weighted by Gasteiger charge is -2.11. The van der Waals surface area contributed by atoms with E-state index in [0.29, 0.717) is 23.0 Å². The molecule has 0 aromatic heterocycles. The Kier molecular flexibility index (Phi) is 6.53. The van der Waals surface area contributed by atoms with Crippen LogP contribution in [0.25, 0.3) is 6.08 Å². The summed E-state index contributed by atoms with van der Waals surface area (Å²) in [7, 11) is 1.56. The summed E-state index contributed by atoms with van der Waals surface area (Å²) >= 11 is 4.53. The average Bonchev–Trinajstić information content (AvgIpc) is 2.99. The van der Waals surface area contributed by atoms with Crippen molar-refractivity contribution in [2.45, 2.75) is 13.5 Å². The second-order valence-corrected chi connectivity index (χ2v) is 7.79. The monoisotopic (exact) mass is 460 g/mol. The van der Waals surface area contributed by atoms with Crippen molar-refractivity contribution in [1.82, 2.24) is 5.32 Å². The molecule has 0 atom stereocenters. The van der Waals surface area contributed by atoms with Crippen molar-refractivity contribution in [1.29, 1.82) is 0 Å². The van der Waals surface area contributed by atoms with E-state index in [1.807, 2.05) is 30.3 Å². The van der Waals surface area contributed by atoms with Crippen LogP contribution in [0.1, 0.15) is 18.1 Å². The van der Waals surface area contributed by atoms with E-state index in [-0.39, 0.29) is 17.0 Å². The molecule has 0 radical (unpaired) electrons. The number of nitrogens with one attached hydrogen (secondary N) is 1. The smallest absolute Gasteiger partial charge is 0.286 e. The number of hydrogen-bond acceptors (Lipinski definition) is 5. The highest BCUT2D eigenvalue weighted by atomic mass is 79.9. The minimum atomic E-state index is -0.386. The first-order chi connectivity index (χ1) is 13.4. The van der Waals surface area contributed by atoms with Crippen molar-refractivity contribution in [2.24, 2.45) is 4.99 Å². The third-order valence-electron chi connectivity index (χ3n) is 3.70. The lowest BCUT2D eigenvalue weighted by molar-refractivity contribution is -0.117. The highest BCUT2D eigenvalue weighted by Crippen LogP contribution is 2.32. The van der Waals surface area contributed by atoms with Gasteiger partial charge in [0.2, 0.25) is 5.91 Å². The second kappa shape index (κ2) is 9.07. The van der Waals surface area contributed by atoms with Crippen molar-refractivity contribution < 1.29 is 19.1 Å². The van der Waals surface area contributed by atoms with Crippen LogP contribution in [0, 0.1) is 0 Å². The summed E-state index contributed by atoms with van der Waals surface area (Å²) in [5.74, 6) is 0.510. The Bertz CT molecular complexity index is 971. The molecule has 28 heavy (non-hydrogen) atoms. The highest BCUT2D eigenvalue weighted by Gasteiger charge is 2.22. The lowest BCUT2D eigenvalue weighted by atomic mass is 10.2. The number of carbonyl (C=O) groups excluding carboxylic acids is 2. The number of methoxy groups -OCH3 is 1. The molecular formula is C20H17BrN2O4S. The number of ether oxygens (including phenoxy) is 2. The van der Waals surface area contributed by atoms with Gasteiger partial charge in [-0.05, 0) is 53.2 Å². The van der Waals surface area contributed by atoms with Gasteiger partial charge in [0.05, 0.1) is 12.0 Å². The van der Waals surface area contributed by atoms with E-state index in [2.05, 4.69) is 26.2 Å². The van der Waals surface area contributed by atoms with Gasteiger partial charge >= 0.3 is 0 Å². The molecule has 0 bridgehead atoms.